The molecule has 8 heteroatoms. The normalized spacial score (nSPS) is 14.6. The first-order valence-electron chi connectivity index (χ1n) is 10.0. The topological polar surface area (TPSA) is 76.7 Å². The molecule has 1 atom stereocenters. The number of rotatable bonds is 6. The van der Waals surface area contributed by atoms with Crippen LogP contribution in [0.4, 0.5) is 10.1 Å². The average Bonchev–Trinajstić information content (AvgIpc) is 2.80. The van der Waals surface area contributed by atoms with Crippen LogP contribution in [0.2, 0.25) is 0 Å². The van der Waals surface area contributed by atoms with Gasteiger partial charge in [0, 0.05) is 16.5 Å². The third kappa shape index (κ3) is 5.08. The highest BCUT2D eigenvalue weighted by Gasteiger charge is 2.25. The zero-order chi connectivity index (χ0) is 22.5. The van der Waals surface area contributed by atoms with Crippen LogP contribution in [0.5, 0.6) is 11.5 Å². The van der Waals surface area contributed by atoms with E-state index in [1.165, 1.54) is 18.2 Å². The van der Waals surface area contributed by atoms with E-state index in [4.69, 9.17) is 9.47 Å². The van der Waals surface area contributed by atoms with Crippen molar-refractivity contribution < 1.29 is 23.5 Å². The summed E-state index contributed by atoms with van der Waals surface area (Å²) in [5.41, 5.74) is 1.26. The monoisotopic (exact) mass is 498 g/mol. The lowest BCUT2D eigenvalue weighted by Gasteiger charge is -2.27. The average molecular weight is 499 g/mol. The summed E-state index contributed by atoms with van der Waals surface area (Å²) in [5, 5.41) is 5.48. The highest BCUT2D eigenvalue weighted by atomic mass is 79.9. The van der Waals surface area contributed by atoms with Crippen molar-refractivity contribution in [2.75, 3.05) is 18.5 Å². The summed E-state index contributed by atoms with van der Waals surface area (Å²) >= 11 is 3.45. The molecule has 0 spiro atoms. The third-order valence-corrected chi connectivity index (χ3v) is 5.45. The van der Waals surface area contributed by atoms with Crippen molar-refractivity contribution in [1.82, 2.24) is 5.32 Å². The minimum absolute atomic E-state index is 0.0662. The molecule has 0 aliphatic carbocycles. The number of carbonyl (C=O) groups is 2. The van der Waals surface area contributed by atoms with E-state index in [0.29, 0.717) is 18.6 Å². The van der Waals surface area contributed by atoms with Crippen LogP contribution in [0.1, 0.15) is 28.4 Å². The smallest absolute Gasteiger partial charge is 0.262 e. The summed E-state index contributed by atoms with van der Waals surface area (Å²) in [6.45, 7) is 0.125. The Balaban J connectivity index is 1.43. The van der Waals surface area contributed by atoms with Gasteiger partial charge in [0.1, 0.15) is 17.3 Å². The molecule has 3 aromatic carbocycles. The number of benzene rings is 3. The van der Waals surface area contributed by atoms with Crippen LogP contribution in [0.15, 0.2) is 71.2 Å². The first kappa shape index (κ1) is 21.8. The molecule has 2 N–H and O–H groups in total. The van der Waals surface area contributed by atoms with Crippen LogP contribution in [-0.2, 0) is 4.79 Å². The number of hydrogen-bond donors (Lipinski definition) is 2. The van der Waals surface area contributed by atoms with Crippen LogP contribution in [0.3, 0.4) is 0 Å². The summed E-state index contributed by atoms with van der Waals surface area (Å²) in [6, 6.07) is 18.0. The summed E-state index contributed by atoms with van der Waals surface area (Å²) in [5.74, 6) is -0.403. The Morgan fingerprint density at radius 3 is 2.72 bits per heavy atom. The Morgan fingerprint density at radius 2 is 1.88 bits per heavy atom. The minimum Gasteiger partial charge on any atom is -0.493 e. The Bertz CT molecular complexity index is 1150. The van der Waals surface area contributed by atoms with Gasteiger partial charge >= 0.3 is 0 Å². The van der Waals surface area contributed by atoms with Crippen molar-refractivity contribution in [3.63, 3.8) is 0 Å². The number of ether oxygens (including phenoxy) is 2. The molecule has 0 radical (unpaired) electrons. The predicted molar refractivity (Wildman–Crippen MR) is 121 cm³/mol. The van der Waals surface area contributed by atoms with Crippen LogP contribution >= 0.6 is 15.9 Å². The Morgan fingerprint density at radius 1 is 1.09 bits per heavy atom. The molecule has 3 aromatic rings. The van der Waals surface area contributed by atoms with Crippen molar-refractivity contribution in [2.45, 2.75) is 12.5 Å². The fourth-order valence-electron chi connectivity index (χ4n) is 3.42. The number of anilines is 1. The number of nitrogens with one attached hydrogen (secondary N) is 2. The molecule has 32 heavy (non-hydrogen) atoms. The zero-order valence-electron chi connectivity index (χ0n) is 16.9. The lowest BCUT2D eigenvalue weighted by molar-refractivity contribution is -0.118. The summed E-state index contributed by atoms with van der Waals surface area (Å²) in [6.07, 6.45) is 0.628. The van der Waals surface area contributed by atoms with E-state index >= 15 is 0 Å². The molecule has 1 unspecified atom stereocenters. The quantitative estimate of drug-likeness (QED) is 0.508. The summed E-state index contributed by atoms with van der Waals surface area (Å²) in [7, 11) is 0. The van der Waals surface area contributed by atoms with Crippen LogP contribution in [0, 0.1) is 5.82 Å². The van der Waals surface area contributed by atoms with E-state index in [-0.39, 0.29) is 30.0 Å². The van der Waals surface area contributed by atoms with Crippen molar-refractivity contribution in [1.29, 1.82) is 0 Å². The number of carbonyl (C=O) groups excluding carboxylic acids is 2. The second-order valence-electron chi connectivity index (χ2n) is 7.16. The largest absolute Gasteiger partial charge is 0.493 e. The molecule has 2 amide bonds. The highest BCUT2D eigenvalue weighted by Crippen LogP contribution is 2.34. The molecule has 0 saturated carbocycles. The standard InChI is InChI=1S/C24H20BrFN2O4/c25-15-9-10-22-17(13-15)19(11-12-31-22)28-24(30)16-5-1-4-8-21(16)32-14-23(29)27-20-7-3-2-6-18(20)26/h1-10,13,19H,11-12,14H2,(H,27,29)(H,28,30). The molecule has 6 nitrogen and oxygen atoms in total. The highest BCUT2D eigenvalue weighted by molar-refractivity contribution is 9.10. The van der Waals surface area contributed by atoms with Gasteiger partial charge in [-0.15, -0.1) is 0 Å². The van der Waals surface area contributed by atoms with Gasteiger partial charge in [-0.1, -0.05) is 40.2 Å². The van der Waals surface area contributed by atoms with Gasteiger partial charge in [0.15, 0.2) is 6.61 Å². The van der Waals surface area contributed by atoms with E-state index in [0.717, 1.165) is 15.8 Å². The number of para-hydroxylation sites is 2. The molecular weight excluding hydrogens is 479 g/mol. The molecule has 1 heterocycles. The van der Waals surface area contributed by atoms with Gasteiger partial charge in [-0.05, 0) is 42.5 Å². The van der Waals surface area contributed by atoms with Gasteiger partial charge in [-0.25, -0.2) is 4.39 Å². The second kappa shape index (κ2) is 9.82. The molecular formula is C24H20BrFN2O4. The van der Waals surface area contributed by atoms with Crippen molar-refractivity contribution in [2.24, 2.45) is 0 Å². The van der Waals surface area contributed by atoms with Crippen LogP contribution in [0.25, 0.3) is 0 Å². The van der Waals surface area contributed by atoms with E-state index in [2.05, 4.69) is 26.6 Å². The van der Waals surface area contributed by atoms with Crippen LogP contribution < -0.4 is 20.1 Å². The zero-order valence-corrected chi connectivity index (χ0v) is 18.5. The number of halogens is 2. The van der Waals surface area contributed by atoms with Crippen LogP contribution in [-0.4, -0.2) is 25.0 Å². The van der Waals surface area contributed by atoms with Crippen molar-refractivity contribution >= 4 is 33.4 Å². The van der Waals surface area contributed by atoms with Gasteiger partial charge in [0.2, 0.25) is 0 Å². The van der Waals surface area contributed by atoms with Gasteiger partial charge in [-0.2, -0.15) is 0 Å². The second-order valence-corrected chi connectivity index (χ2v) is 8.07. The lowest BCUT2D eigenvalue weighted by atomic mass is 10.00. The maximum Gasteiger partial charge on any atom is 0.262 e. The molecule has 0 saturated heterocycles. The fraction of sp³-hybridized carbons (Fsp3) is 0.167. The third-order valence-electron chi connectivity index (χ3n) is 4.96. The lowest BCUT2D eigenvalue weighted by Crippen LogP contribution is -2.32. The maximum atomic E-state index is 13.7. The maximum absolute atomic E-state index is 13.7. The SMILES string of the molecule is O=C(COc1ccccc1C(=O)NC1CCOc2ccc(Br)cc21)Nc1ccccc1F. The predicted octanol–water partition coefficient (Wildman–Crippen LogP) is 4.86. The molecule has 1 aliphatic heterocycles. The molecule has 1 aliphatic rings. The van der Waals surface area contributed by atoms with Gasteiger partial charge in [0.25, 0.3) is 11.8 Å². The molecule has 4 rings (SSSR count). The number of hydrogen-bond acceptors (Lipinski definition) is 4. The Labute approximate surface area is 192 Å². The summed E-state index contributed by atoms with van der Waals surface area (Å²) in [4.78, 5) is 25.2. The van der Waals surface area contributed by atoms with Crippen molar-refractivity contribution in [3.8, 4) is 11.5 Å². The molecule has 164 valence electrons. The van der Waals surface area contributed by atoms with E-state index in [9.17, 15) is 14.0 Å². The van der Waals surface area contributed by atoms with E-state index in [1.54, 1.807) is 30.3 Å². The first-order valence-corrected chi connectivity index (χ1v) is 10.8. The van der Waals surface area contributed by atoms with Gasteiger partial charge in [-0.3, -0.25) is 9.59 Å². The van der Waals surface area contributed by atoms with Gasteiger partial charge in [0.05, 0.1) is 23.9 Å². The number of fused-ring (bicyclic) bond motifs is 1. The molecule has 0 bridgehead atoms. The van der Waals surface area contributed by atoms with Gasteiger partial charge < -0.3 is 20.1 Å². The Hall–Kier alpha value is -3.39. The van der Waals surface area contributed by atoms with E-state index < -0.39 is 11.7 Å². The molecule has 0 fully saturated rings. The number of amides is 2. The molecule has 0 aromatic heterocycles. The summed E-state index contributed by atoms with van der Waals surface area (Å²) < 4.78 is 25.9. The van der Waals surface area contributed by atoms with E-state index in [1.807, 2.05) is 18.2 Å². The Kier molecular flexibility index (Phi) is 6.70. The van der Waals surface area contributed by atoms with Crippen molar-refractivity contribution in [3.05, 3.63) is 88.1 Å². The fourth-order valence-corrected chi connectivity index (χ4v) is 3.80. The minimum atomic E-state index is -0.538. The first-order chi connectivity index (χ1) is 15.5.